The summed E-state index contributed by atoms with van der Waals surface area (Å²) in [4.78, 5) is 26.9. The molecular weight excluding hydrogens is 375 g/mol. The van der Waals surface area contributed by atoms with E-state index in [1.54, 1.807) is 21.9 Å². The number of aromatic hydroxyl groups is 1. The molecular formula is C13H15IN2O4. The zero-order valence-electron chi connectivity index (χ0n) is 11.0. The lowest BCUT2D eigenvalue weighted by Crippen LogP contribution is -2.50. The summed E-state index contributed by atoms with van der Waals surface area (Å²) >= 11 is 2.09. The van der Waals surface area contributed by atoms with Crippen molar-refractivity contribution in [2.24, 2.45) is 0 Å². The Morgan fingerprint density at radius 2 is 1.80 bits per heavy atom. The van der Waals surface area contributed by atoms with Crippen LogP contribution in [0.15, 0.2) is 18.2 Å². The van der Waals surface area contributed by atoms with E-state index in [0.717, 1.165) is 3.57 Å². The molecule has 1 saturated heterocycles. The number of phenols is 1. The molecule has 0 atom stereocenters. The molecule has 1 heterocycles. The second-order valence-electron chi connectivity index (χ2n) is 4.41. The SMILES string of the molecule is COC(=O)N1CCN(C(=O)c2cc(I)ccc2O)CC1. The van der Waals surface area contributed by atoms with E-state index < -0.39 is 0 Å². The molecule has 1 aliphatic rings. The van der Waals surface area contributed by atoms with Crippen molar-refractivity contribution in [2.75, 3.05) is 33.3 Å². The summed E-state index contributed by atoms with van der Waals surface area (Å²) < 4.78 is 5.53. The lowest BCUT2D eigenvalue weighted by Gasteiger charge is -2.33. The number of piperazine rings is 1. The van der Waals surface area contributed by atoms with E-state index in [2.05, 4.69) is 27.3 Å². The minimum atomic E-state index is -0.380. The van der Waals surface area contributed by atoms with Crippen LogP contribution < -0.4 is 0 Å². The molecule has 1 N–H and O–H groups in total. The fraction of sp³-hybridized carbons (Fsp3) is 0.385. The number of amides is 2. The topological polar surface area (TPSA) is 70.1 Å². The van der Waals surface area contributed by atoms with Gasteiger partial charge in [0.25, 0.3) is 5.91 Å². The maximum atomic E-state index is 12.3. The van der Waals surface area contributed by atoms with E-state index >= 15 is 0 Å². The van der Waals surface area contributed by atoms with E-state index in [0.29, 0.717) is 31.7 Å². The van der Waals surface area contributed by atoms with Crippen LogP contribution in [-0.2, 0) is 4.74 Å². The average molecular weight is 390 g/mol. The number of phenolic OH excluding ortho intramolecular Hbond substituents is 1. The molecule has 0 saturated carbocycles. The number of rotatable bonds is 1. The highest BCUT2D eigenvalue weighted by Crippen LogP contribution is 2.22. The fourth-order valence-corrected chi connectivity index (χ4v) is 2.56. The van der Waals surface area contributed by atoms with Gasteiger partial charge in [-0.1, -0.05) is 0 Å². The summed E-state index contributed by atoms with van der Waals surface area (Å²) in [7, 11) is 1.34. The predicted molar refractivity (Wildman–Crippen MR) is 80.7 cm³/mol. The van der Waals surface area contributed by atoms with Crippen LogP contribution in [0.4, 0.5) is 4.79 Å². The molecule has 0 radical (unpaired) electrons. The van der Waals surface area contributed by atoms with Crippen molar-refractivity contribution in [3.8, 4) is 5.75 Å². The number of hydrogen-bond acceptors (Lipinski definition) is 4. The Hall–Kier alpha value is -1.51. The van der Waals surface area contributed by atoms with Crippen LogP contribution in [0.25, 0.3) is 0 Å². The first-order valence-electron chi connectivity index (χ1n) is 6.13. The van der Waals surface area contributed by atoms with E-state index in [4.69, 9.17) is 0 Å². The van der Waals surface area contributed by atoms with Crippen LogP contribution >= 0.6 is 22.6 Å². The molecule has 1 aromatic rings. The van der Waals surface area contributed by atoms with Crippen molar-refractivity contribution >= 4 is 34.6 Å². The number of hydrogen-bond donors (Lipinski definition) is 1. The van der Waals surface area contributed by atoms with Gasteiger partial charge in [0.15, 0.2) is 0 Å². The smallest absolute Gasteiger partial charge is 0.409 e. The van der Waals surface area contributed by atoms with E-state index in [9.17, 15) is 14.7 Å². The standard InChI is InChI=1S/C13H15IN2O4/c1-20-13(19)16-6-4-15(5-7-16)12(18)10-8-9(14)2-3-11(10)17/h2-3,8,17H,4-7H2,1H3. The molecule has 0 spiro atoms. The highest BCUT2D eigenvalue weighted by Gasteiger charge is 2.26. The van der Waals surface area contributed by atoms with Crippen molar-refractivity contribution in [2.45, 2.75) is 0 Å². The monoisotopic (exact) mass is 390 g/mol. The molecule has 7 heteroatoms. The van der Waals surface area contributed by atoms with Gasteiger partial charge in [-0.3, -0.25) is 4.79 Å². The fourth-order valence-electron chi connectivity index (χ4n) is 2.07. The lowest BCUT2D eigenvalue weighted by molar-refractivity contribution is 0.0597. The second-order valence-corrected chi connectivity index (χ2v) is 5.66. The van der Waals surface area contributed by atoms with Gasteiger partial charge in [0, 0.05) is 29.7 Å². The Bertz CT molecular complexity index is 527. The number of methoxy groups -OCH3 is 1. The quantitative estimate of drug-likeness (QED) is 0.739. The molecule has 1 aromatic carbocycles. The molecule has 2 rings (SSSR count). The maximum Gasteiger partial charge on any atom is 0.409 e. The number of carbonyl (C=O) groups is 2. The largest absolute Gasteiger partial charge is 0.507 e. The number of ether oxygens (including phenoxy) is 1. The first-order valence-corrected chi connectivity index (χ1v) is 7.21. The van der Waals surface area contributed by atoms with E-state index in [1.165, 1.54) is 13.2 Å². The van der Waals surface area contributed by atoms with Gasteiger partial charge in [-0.05, 0) is 40.8 Å². The van der Waals surface area contributed by atoms with Crippen LogP contribution in [0.2, 0.25) is 0 Å². The van der Waals surface area contributed by atoms with Crippen LogP contribution in [0.1, 0.15) is 10.4 Å². The van der Waals surface area contributed by atoms with Gasteiger partial charge < -0.3 is 19.6 Å². The number of benzene rings is 1. The summed E-state index contributed by atoms with van der Waals surface area (Å²) in [6.07, 6.45) is -0.380. The van der Waals surface area contributed by atoms with Gasteiger partial charge in [-0.25, -0.2) is 4.79 Å². The third-order valence-corrected chi connectivity index (χ3v) is 3.86. The average Bonchev–Trinajstić information content (AvgIpc) is 2.48. The Kier molecular flexibility index (Phi) is 4.69. The van der Waals surface area contributed by atoms with E-state index in [1.807, 2.05) is 0 Å². The van der Waals surface area contributed by atoms with Crippen LogP contribution in [0.5, 0.6) is 5.75 Å². The molecule has 0 aromatic heterocycles. The Morgan fingerprint density at radius 3 is 2.40 bits per heavy atom. The maximum absolute atomic E-state index is 12.3. The Morgan fingerprint density at radius 1 is 1.20 bits per heavy atom. The van der Waals surface area contributed by atoms with Gasteiger partial charge in [-0.2, -0.15) is 0 Å². The summed E-state index contributed by atoms with van der Waals surface area (Å²) in [5.74, 6) is -0.239. The van der Waals surface area contributed by atoms with Gasteiger partial charge in [-0.15, -0.1) is 0 Å². The minimum absolute atomic E-state index is 0.0224. The Balaban J connectivity index is 2.05. The molecule has 1 aliphatic heterocycles. The van der Waals surface area contributed by atoms with Crippen molar-refractivity contribution in [3.63, 3.8) is 0 Å². The summed E-state index contributed by atoms with van der Waals surface area (Å²) in [6.45, 7) is 1.73. The summed E-state index contributed by atoms with van der Waals surface area (Å²) in [6, 6.07) is 4.91. The molecule has 108 valence electrons. The van der Waals surface area contributed by atoms with Gasteiger partial charge >= 0.3 is 6.09 Å². The number of halogens is 1. The van der Waals surface area contributed by atoms with Gasteiger partial charge in [0.2, 0.25) is 0 Å². The molecule has 2 amide bonds. The first-order chi connectivity index (χ1) is 9.52. The van der Waals surface area contributed by atoms with Crippen molar-refractivity contribution in [3.05, 3.63) is 27.3 Å². The molecule has 0 unspecified atom stereocenters. The van der Waals surface area contributed by atoms with Crippen molar-refractivity contribution < 1.29 is 19.4 Å². The Labute approximate surface area is 130 Å². The summed E-state index contributed by atoms with van der Waals surface area (Å²) in [5, 5.41) is 9.78. The molecule has 0 bridgehead atoms. The van der Waals surface area contributed by atoms with Crippen molar-refractivity contribution in [1.29, 1.82) is 0 Å². The zero-order valence-corrected chi connectivity index (χ0v) is 13.2. The zero-order chi connectivity index (χ0) is 14.7. The third-order valence-electron chi connectivity index (χ3n) is 3.19. The molecule has 0 aliphatic carbocycles. The lowest BCUT2D eigenvalue weighted by atomic mass is 10.1. The second kappa shape index (κ2) is 6.29. The third kappa shape index (κ3) is 3.14. The van der Waals surface area contributed by atoms with Gasteiger partial charge in [0.1, 0.15) is 5.75 Å². The van der Waals surface area contributed by atoms with Crippen LogP contribution in [-0.4, -0.2) is 60.2 Å². The van der Waals surface area contributed by atoms with Gasteiger partial charge in [0.05, 0.1) is 12.7 Å². The van der Waals surface area contributed by atoms with E-state index in [-0.39, 0.29) is 17.7 Å². The highest BCUT2D eigenvalue weighted by atomic mass is 127. The van der Waals surface area contributed by atoms with Crippen LogP contribution in [0, 0.1) is 3.57 Å². The van der Waals surface area contributed by atoms with Crippen LogP contribution in [0.3, 0.4) is 0 Å². The number of nitrogens with zero attached hydrogens (tertiary/aromatic N) is 2. The van der Waals surface area contributed by atoms with Crippen molar-refractivity contribution in [1.82, 2.24) is 9.80 Å². The number of carbonyl (C=O) groups excluding carboxylic acids is 2. The molecule has 20 heavy (non-hydrogen) atoms. The summed E-state index contributed by atoms with van der Waals surface area (Å²) in [5.41, 5.74) is 0.295. The molecule has 6 nitrogen and oxygen atoms in total. The first kappa shape index (κ1) is 14.9. The predicted octanol–water partition coefficient (Wildman–Crippen LogP) is 1.52. The minimum Gasteiger partial charge on any atom is -0.507 e. The normalized spacial score (nSPS) is 15.1. The molecule has 1 fully saturated rings. The highest BCUT2D eigenvalue weighted by molar-refractivity contribution is 14.1.